The molecule has 0 aliphatic rings. The minimum Gasteiger partial charge on any atom is -0.497 e. The molecule has 0 saturated carbocycles. The first kappa shape index (κ1) is 22.3. The molecule has 0 aromatic heterocycles. The lowest BCUT2D eigenvalue weighted by Gasteiger charge is -2.29. The molecule has 0 aliphatic heterocycles. The fourth-order valence-corrected chi connectivity index (χ4v) is 5.31. The zero-order chi connectivity index (χ0) is 19.6. The quantitative estimate of drug-likeness (QED) is 0.466. The van der Waals surface area contributed by atoms with Gasteiger partial charge in [0, 0.05) is 7.11 Å². The van der Waals surface area contributed by atoms with Crippen molar-refractivity contribution in [2.75, 3.05) is 14.2 Å². The fraction of sp³-hybridized carbons (Fsp3) is 0.545. The maximum absolute atomic E-state index is 6.02. The normalized spacial score (nSPS) is 14.5. The molecule has 26 heavy (non-hydrogen) atoms. The zero-order valence-electron chi connectivity index (χ0n) is 17.0. The Labute approximate surface area is 160 Å². The zero-order valence-corrected chi connectivity index (χ0v) is 18.0. The Hall–Kier alpha value is -1.72. The first-order valence-electron chi connectivity index (χ1n) is 9.26. The predicted octanol–water partition coefficient (Wildman–Crippen LogP) is 4.67. The van der Waals surface area contributed by atoms with Gasteiger partial charge in [-0.05, 0) is 42.8 Å². The molecule has 142 valence electrons. The molecule has 3 nitrogen and oxygen atoms in total. The highest BCUT2D eigenvalue weighted by Crippen LogP contribution is 2.23. The van der Waals surface area contributed by atoms with E-state index in [1.807, 2.05) is 31.2 Å². The summed E-state index contributed by atoms with van der Waals surface area (Å²) in [4.78, 5) is 0. The Morgan fingerprint density at radius 2 is 1.65 bits per heavy atom. The summed E-state index contributed by atoms with van der Waals surface area (Å²) in [7, 11) is 1.65. The summed E-state index contributed by atoms with van der Waals surface area (Å²) >= 11 is 0. The summed E-state index contributed by atoms with van der Waals surface area (Å²) in [6.45, 7) is 9.04. The van der Waals surface area contributed by atoms with Gasteiger partial charge in [0.25, 0.3) is 0 Å². The second kappa shape index (κ2) is 10.4. The van der Waals surface area contributed by atoms with Crippen LogP contribution in [0.1, 0.15) is 33.3 Å². The van der Waals surface area contributed by atoms with Crippen LogP contribution in [-0.4, -0.2) is 34.0 Å². The molecule has 0 spiro atoms. The number of benzene rings is 1. The third kappa shape index (κ3) is 5.38. The van der Waals surface area contributed by atoms with Crippen LogP contribution in [0.25, 0.3) is 0 Å². The fourth-order valence-electron chi connectivity index (χ4n) is 2.83. The highest BCUT2D eigenvalue weighted by Gasteiger charge is 2.35. The van der Waals surface area contributed by atoms with Crippen LogP contribution in [-0.2, 0) is 16.1 Å². The van der Waals surface area contributed by atoms with Crippen molar-refractivity contribution in [2.24, 2.45) is 0 Å². The highest BCUT2D eigenvalue weighted by atomic mass is 28.3. The van der Waals surface area contributed by atoms with Crippen molar-refractivity contribution in [1.29, 1.82) is 0 Å². The second-order valence-corrected chi connectivity index (χ2v) is 11.4. The van der Waals surface area contributed by atoms with Gasteiger partial charge in [0.05, 0.1) is 13.7 Å². The van der Waals surface area contributed by atoms with Gasteiger partial charge in [-0.25, -0.2) is 0 Å². The van der Waals surface area contributed by atoms with Crippen LogP contribution in [0.15, 0.2) is 24.3 Å². The monoisotopic (exact) mass is 372 g/mol. The lowest BCUT2D eigenvalue weighted by atomic mass is 10.00. The molecule has 0 N–H and O–H groups in total. The Bertz CT molecular complexity index is 638. The summed E-state index contributed by atoms with van der Waals surface area (Å²) in [6.07, 6.45) is 5.48. The van der Waals surface area contributed by atoms with Crippen molar-refractivity contribution in [3.63, 3.8) is 0 Å². The number of hydrogen-bond donors (Lipinski definition) is 0. The number of rotatable bonds is 9. The second-order valence-electron chi connectivity index (χ2n) is 6.48. The van der Waals surface area contributed by atoms with E-state index in [4.69, 9.17) is 20.6 Å². The molecule has 0 radical (unpaired) electrons. The van der Waals surface area contributed by atoms with Gasteiger partial charge in [-0.15, -0.1) is 12.0 Å². The van der Waals surface area contributed by atoms with Crippen LogP contribution in [0.4, 0.5) is 0 Å². The molecule has 0 heterocycles. The van der Waals surface area contributed by atoms with Gasteiger partial charge in [0.2, 0.25) is 5.60 Å². The average molecular weight is 373 g/mol. The molecule has 1 aromatic carbocycles. The van der Waals surface area contributed by atoms with Crippen molar-refractivity contribution in [2.45, 2.75) is 64.1 Å². The molecule has 0 fully saturated rings. The van der Waals surface area contributed by atoms with Crippen LogP contribution in [0.2, 0.25) is 18.1 Å². The molecule has 0 bridgehead atoms. The largest absolute Gasteiger partial charge is 0.497 e. The molecule has 0 unspecified atom stereocenters. The molecule has 1 aromatic rings. The van der Waals surface area contributed by atoms with Gasteiger partial charge in [-0.3, -0.25) is 0 Å². The van der Waals surface area contributed by atoms with E-state index in [1.165, 1.54) is 0 Å². The van der Waals surface area contributed by atoms with Crippen molar-refractivity contribution in [3.05, 3.63) is 29.8 Å². The molecule has 0 amide bonds. The summed E-state index contributed by atoms with van der Waals surface area (Å²) in [5, 5.41) is 0. The number of hydrogen-bond acceptors (Lipinski definition) is 3. The summed E-state index contributed by atoms with van der Waals surface area (Å²) in [5.41, 5.74) is 3.57. The Kier molecular flexibility index (Phi) is 8.95. The number of ether oxygens (including phenoxy) is 3. The van der Waals surface area contributed by atoms with E-state index in [0.717, 1.165) is 29.4 Å². The van der Waals surface area contributed by atoms with Gasteiger partial charge >= 0.3 is 0 Å². The van der Waals surface area contributed by atoms with Crippen LogP contribution in [0, 0.1) is 23.8 Å². The average Bonchev–Trinajstić information content (AvgIpc) is 2.71. The minimum absolute atomic E-state index is 0.343. The van der Waals surface area contributed by atoms with Crippen molar-refractivity contribution >= 4 is 8.07 Å². The van der Waals surface area contributed by atoms with Gasteiger partial charge in [-0.1, -0.05) is 44.7 Å². The van der Waals surface area contributed by atoms with E-state index in [1.54, 1.807) is 14.2 Å². The maximum Gasteiger partial charge on any atom is 0.215 e. The van der Waals surface area contributed by atoms with Gasteiger partial charge in [0.1, 0.15) is 19.9 Å². The molecule has 1 rings (SSSR count). The van der Waals surface area contributed by atoms with Crippen LogP contribution in [0.5, 0.6) is 5.75 Å². The van der Waals surface area contributed by atoms with Crippen molar-refractivity contribution in [3.8, 4) is 29.6 Å². The first-order chi connectivity index (χ1) is 12.4. The van der Waals surface area contributed by atoms with E-state index in [0.29, 0.717) is 6.61 Å². The molecular weight excluding hydrogens is 340 g/mol. The molecule has 4 heteroatoms. The maximum atomic E-state index is 6.02. The molecular formula is C22H32O3Si. The van der Waals surface area contributed by atoms with Crippen LogP contribution < -0.4 is 4.74 Å². The van der Waals surface area contributed by atoms with E-state index < -0.39 is 13.7 Å². The van der Waals surface area contributed by atoms with E-state index in [2.05, 4.69) is 38.2 Å². The predicted molar refractivity (Wildman–Crippen MR) is 111 cm³/mol. The molecule has 2 atom stereocenters. The lowest BCUT2D eigenvalue weighted by Crippen LogP contribution is -2.42. The van der Waals surface area contributed by atoms with E-state index in [9.17, 15) is 0 Å². The Morgan fingerprint density at radius 1 is 1.08 bits per heavy atom. The van der Waals surface area contributed by atoms with E-state index >= 15 is 0 Å². The van der Waals surface area contributed by atoms with Crippen LogP contribution >= 0.6 is 0 Å². The highest BCUT2D eigenvalue weighted by molar-refractivity contribution is 6.87. The standard InChI is InChI=1S/C22H32O3Si/c1-8-22(24-7,16-17-26(9-2,10-3)11-4)19(5)25-18-20-12-14-21(23-6)15-13-20/h1,12-15,19H,9-11,18H2,2-7H3/t19-,22+/m0/s1. The topological polar surface area (TPSA) is 27.7 Å². The van der Waals surface area contributed by atoms with Gasteiger partial charge < -0.3 is 14.2 Å². The number of terminal acetylenes is 1. The molecule has 0 aliphatic carbocycles. The SMILES string of the molecule is C#C[C@](C#C[Si](CC)(CC)CC)(OC)[C@H](C)OCc1ccc(OC)cc1. The number of methoxy groups -OCH3 is 2. The summed E-state index contributed by atoms with van der Waals surface area (Å²) in [5.74, 6) is 6.86. The third-order valence-electron chi connectivity index (χ3n) is 5.31. The first-order valence-corrected chi connectivity index (χ1v) is 11.9. The van der Waals surface area contributed by atoms with Crippen LogP contribution in [0.3, 0.4) is 0 Å². The Balaban J connectivity index is 2.95. The van der Waals surface area contributed by atoms with Crippen molar-refractivity contribution < 1.29 is 14.2 Å². The summed E-state index contributed by atoms with van der Waals surface area (Å²) < 4.78 is 16.9. The third-order valence-corrected chi connectivity index (χ3v) is 10.0. The minimum atomic E-state index is -1.61. The Morgan fingerprint density at radius 3 is 2.08 bits per heavy atom. The van der Waals surface area contributed by atoms with Crippen molar-refractivity contribution in [1.82, 2.24) is 0 Å². The lowest BCUT2D eigenvalue weighted by molar-refractivity contribution is -0.0634. The van der Waals surface area contributed by atoms with Gasteiger partial charge in [0.15, 0.2) is 0 Å². The summed E-state index contributed by atoms with van der Waals surface area (Å²) in [6, 6.07) is 11.2. The van der Waals surface area contributed by atoms with Gasteiger partial charge in [-0.2, -0.15) is 0 Å². The smallest absolute Gasteiger partial charge is 0.215 e. The molecule has 0 saturated heterocycles. The van der Waals surface area contributed by atoms with E-state index in [-0.39, 0.29) is 6.10 Å².